The average Bonchev–Trinajstić information content (AvgIpc) is 3.14. The molecule has 5 fully saturated rings. The van der Waals surface area contributed by atoms with Crippen LogP contribution in [0.25, 0.3) is 0 Å². The summed E-state index contributed by atoms with van der Waals surface area (Å²) in [4.78, 5) is 0. The topological polar surface area (TPSA) is 12.5 Å². The molecule has 1 heterocycles. The lowest BCUT2D eigenvalue weighted by atomic mass is 9.44. The van der Waals surface area contributed by atoms with Crippen molar-refractivity contribution < 1.29 is 4.74 Å². The lowest BCUT2D eigenvalue weighted by molar-refractivity contribution is -0.115. The summed E-state index contributed by atoms with van der Waals surface area (Å²) in [7, 11) is 0. The second kappa shape index (κ2) is 6.98. The molecule has 10 atom stereocenters. The van der Waals surface area contributed by atoms with Gasteiger partial charge in [-0.2, -0.15) is 0 Å². The van der Waals surface area contributed by atoms with E-state index in [1.807, 2.05) is 0 Å². The zero-order valence-corrected chi connectivity index (χ0v) is 20.3. The SMILES string of the molecule is CC(C)CCCC(C)C1CCC2C3CCC4CC5OC5(C)CC4(C)C3CCC12C. The van der Waals surface area contributed by atoms with Gasteiger partial charge in [-0.3, -0.25) is 0 Å². The van der Waals surface area contributed by atoms with Gasteiger partial charge in [-0.05, 0) is 111 Å². The van der Waals surface area contributed by atoms with Crippen LogP contribution in [0.3, 0.4) is 0 Å². The molecule has 0 spiro atoms. The molecule has 0 aromatic carbocycles. The fourth-order valence-corrected chi connectivity index (χ4v) is 9.98. The first-order valence-electron chi connectivity index (χ1n) is 13.4. The van der Waals surface area contributed by atoms with Crippen LogP contribution in [0, 0.1) is 52.3 Å². The Morgan fingerprint density at radius 2 is 1.62 bits per heavy atom. The smallest absolute Gasteiger partial charge is 0.0926 e. The predicted molar refractivity (Wildman–Crippen MR) is 122 cm³/mol. The van der Waals surface area contributed by atoms with E-state index in [1.165, 1.54) is 70.6 Å². The fraction of sp³-hybridized carbons (Fsp3) is 1.00. The standard InChI is InChI=1S/C28H48O/c1-18(2)8-7-9-19(3)22-12-13-23-21-11-10-20-16-25-28(6,29-25)17-27(20,5)24(21)14-15-26(22,23)4/h18-25H,7-17H2,1-6H3. The highest BCUT2D eigenvalue weighted by atomic mass is 16.6. The van der Waals surface area contributed by atoms with Crippen molar-refractivity contribution in [3.63, 3.8) is 0 Å². The minimum Gasteiger partial charge on any atom is -0.366 e. The van der Waals surface area contributed by atoms with Crippen LogP contribution >= 0.6 is 0 Å². The van der Waals surface area contributed by atoms with Crippen LogP contribution in [-0.2, 0) is 4.74 Å². The van der Waals surface area contributed by atoms with Gasteiger partial charge in [0.25, 0.3) is 0 Å². The summed E-state index contributed by atoms with van der Waals surface area (Å²) >= 11 is 0. The van der Waals surface area contributed by atoms with Crippen LogP contribution in [0.2, 0.25) is 0 Å². The molecule has 4 aliphatic carbocycles. The second-order valence-corrected chi connectivity index (χ2v) is 13.5. The summed E-state index contributed by atoms with van der Waals surface area (Å²) < 4.78 is 6.21. The largest absolute Gasteiger partial charge is 0.366 e. The average molecular weight is 401 g/mol. The van der Waals surface area contributed by atoms with E-state index in [4.69, 9.17) is 4.74 Å². The monoisotopic (exact) mass is 400 g/mol. The van der Waals surface area contributed by atoms with Gasteiger partial charge in [0, 0.05) is 0 Å². The van der Waals surface area contributed by atoms with Crippen LogP contribution in [-0.4, -0.2) is 11.7 Å². The van der Waals surface area contributed by atoms with E-state index in [0.717, 1.165) is 41.4 Å². The van der Waals surface area contributed by atoms with Crippen LogP contribution < -0.4 is 0 Å². The summed E-state index contributed by atoms with van der Waals surface area (Å²) in [6, 6.07) is 0. The molecule has 0 N–H and O–H groups in total. The van der Waals surface area contributed by atoms with Gasteiger partial charge in [0.2, 0.25) is 0 Å². The molecular weight excluding hydrogens is 352 g/mol. The summed E-state index contributed by atoms with van der Waals surface area (Å²) in [5.41, 5.74) is 1.45. The highest BCUT2D eigenvalue weighted by molar-refractivity contribution is 5.16. The van der Waals surface area contributed by atoms with E-state index in [9.17, 15) is 0 Å². The van der Waals surface area contributed by atoms with E-state index in [2.05, 4.69) is 41.5 Å². The molecule has 1 aliphatic heterocycles. The third kappa shape index (κ3) is 3.18. The van der Waals surface area contributed by atoms with E-state index < -0.39 is 0 Å². The van der Waals surface area contributed by atoms with Gasteiger partial charge in [0.05, 0.1) is 11.7 Å². The number of fused-ring (bicyclic) bond motifs is 6. The third-order valence-corrected chi connectivity index (χ3v) is 11.5. The quantitative estimate of drug-likeness (QED) is 0.428. The van der Waals surface area contributed by atoms with Gasteiger partial charge in [0.1, 0.15) is 0 Å². The molecular formula is C28H48O. The minimum absolute atomic E-state index is 0.247. The van der Waals surface area contributed by atoms with Gasteiger partial charge < -0.3 is 4.74 Å². The first-order chi connectivity index (χ1) is 13.7. The molecule has 4 saturated carbocycles. The zero-order chi connectivity index (χ0) is 20.6. The van der Waals surface area contributed by atoms with Crippen LogP contribution in [0.4, 0.5) is 0 Å². The van der Waals surface area contributed by atoms with Crippen molar-refractivity contribution in [1.29, 1.82) is 0 Å². The van der Waals surface area contributed by atoms with E-state index in [-0.39, 0.29) is 5.60 Å². The molecule has 0 aromatic rings. The zero-order valence-electron chi connectivity index (χ0n) is 20.3. The molecule has 29 heavy (non-hydrogen) atoms. The van der Waals surface area contributed by atoms with Crippen molar-refractivity contribution in [2.24, 2.45) is 52.3 Å². The van der Waals surface area contributed by atoms with Crippen molar-refractivity contribution in [3.05, 3.63) is 0 Å². The van der Waals surface area contributed by atoms with Crippen molar-refractivity contribution in [3.8, 4) is 0 Å². The van der Waals surface area contributed by atoms with Crippen molar-refractivity contribution in [2.75, 3.05) is 0 Å². The molecule has 0 aromatic heterocycles. The Morgan fingerprint density at radius 3 is 2.38 bits per heavy atom. The van der Waals surface area contributed by atoms with Gasteiger partial charge in [-0.1, -0.05) is 53.9 Å². The maximum Gasteiger partial charge on any atom is 0.0926 e. The molecule has 1 nitrogen and oxygen atoms in total. The Morgan fingerprint density at radius 1 is 0.862 bits per heavy atom. The fourth-order valence-electron chi connectivity index (χ4n) is 9.98. The summed E-state index contributed by atoms with van der Waals surface area (Å²) in [5, 5.41) is 0. The third-order valence-electron chi connectivity index (χ3n) is 11.5. The highest BCUT2D eigenvalue weighted by Crippen LogP contribution is 2.71. The first-order valence-corrected chi connectivity index (χ1v) is 13.4. The van der Waals surface area contributed by atoms with Gasteiger partial charge in [-0.25, -0.2) is 0 Å². The minimum atomic E-state index is 0.247. The molecule has 0 amide bonds. The van der Waals surface area contributed by atoms with Gasteiger partial charge in [-0.15, -0.1) is 0 Å². The Labute approximate surface area is 181 Å². The number of rotatable bonds is 5. The molecule has 1 heteroatoms. The number of ether oxygens (including phenoxy) is 1. The van der Waals surface area contributed by atoms with E-state index >= 15 is 0 Å². The maximum atomic E-state index is 6.21. The molecule has 1 saturated heterocycles. The molecule has 166 valence electrons. The Balaban J connectivity index is 1.31. The number of hydrogen-bond donors (Lipinski definition) is 0. The summed E-state index contributed by atoms with van der Waals surface area (Å²) in [6.07, 6.45) is 16.8. The molecule has 5 rings (SSSR count). The Bertz CT molecular complexity index is 626. The Hall–Kier alpha value is -0.0400. The first kappa shape index (κ1) is 20.8. The number of epoxide rings is 1. The second-order valence-electron chi connectivity index (χ2n) is 13.5. The lowest BCUT2D eigenvalue weighted by Gasteiger charge is -2.61. The molecule has 5 aliphatic rings. The van der Waals surface area contributed by atoms with Crippen molar-refractivity contribution in [2.45, 2.75) is 124 Å². The van der Waals surface area contributed by atoms with Gasteiger partial charge >= 0.3 is 0 Å². The van der Waals surface area contributed by atoms with Crippen LogP contribution in [0.1, 0.15) is 112 Å². The highest BCUT2D eigenvalue weighted by Gasteiger charge is 2.67. The predicted octanol–water partition coefficient (Wildman–Crippen LogP) is 7.88. The maximum absolute atomic E-state index is 6.21. The molecule has 0 radical (unpaired) electrons. The summed E-state index contributed by atoms with van der Waals surface area (Å²) in [5.74, 6) is 6.75. The van der Waals surface area contributed by atoms with Crippen molar-refractivity contribution >= 4 is 0 Å². The normalized spacial score (nSPS) is 54.3. The van der Waals surface area contributed by atoms with E-state index in [1.54, 1.807) is 0 Å². The Kier molecular flexibility index (Phi) is 5.02. The summed E-state index contributed by atoms with van der Waals surface area (Å²) in [6.45, 7) is 15.2. The molecule has 10 unspecified atom stereocenters. The number of hydrogen-bond acceptors (Lipinski definition) is 1. The van der Waals surface area contributed by atoms with Crippen LogP contribution in [0.15, 0.2) is 0 Å². The van der Waals surface area contributed by atoms with Crippen LogP contribution in [0.5, 0.6) is 0 Å². The lowest BCUT2D eigenvalue weighted by Crippen LogP contribution is -2.55. The van der Waals surface area contributed by atoms with Gasteiger partial charge in [0.15, 0.2) is 0 Å². The van der Waals surface area contributed by atoms with E-state index in [0.29, 0.717) is 16.9 Å². The van der Waals surface area contributed by atoms with Crippen molar-refractivity contribution in [1.82, 2.24) is 0 Å². The molecule has 0 bridgehead atoms.